The topological polar surface area (TPSA) is 50.4 Å². The van der Waals surface area contributed by atoms with Gasteiger partial charge < -0.3 is 15.4 Å². The summed E-state index contributed by atoms with van der Waals surface area (Å²) in [6.45, 7) is 2.10. The monoisotopic (exact) mass is 258 g/mol. The zero-order valence-electron chi connectivity index (χ0n) is 10.6. The van der Waals surface area contributed by atoms with E-state index in [-0.39, 0.29) is 24.2 Å². The normalized spacial score (nSPS) is 32.5. The number of fused-ring (bicyclic) bond motifs is 2. The number of ether oxygens (including phenoxy) is 1. The van der Waals surface area contributed by atoms with E-state index in [9.17, 15) is 4.79 Å². The van der Waals surface area contributed by atoms with Gasteiger partial charge in [-0.1, -0.05) is 6.92 Å². The third-order valence-corrected chi connectivity index (χ3v) is 4.35. The molecule has 4 nitrogen and oxygen atoms in total. The standard InChI is InChI=1S/C12H22N2O2S/c1-3-8(7-17-2)13-12(15)14-10-6-9-4-5-11(10)16-9/h8-11H,3-7H2,1-2H3,(H2,13,14,15)/t8-,9+,10+,11+/m0/s1. The highest BCUT2D eigenvalue weighted by Crippen LogP contribution is 2.34. The highest BCUT2D eigenvalue weighted by molar-refractivity contribution is 7.98. The maximum Gasteiger partial charge on any atom is 0.315 e. The van der Waals surface area contributed by atoms with Crippen molar-refractivity contribution in [3.63, 3.8) is 0 Å². The van der Waals surface area contributed by atoms with Gasteiger partial charge in [0.25, 0.3) is 0 Å². The molecular weight excluding hydrogens is 236 g/mol. The highest BCUT2D eigenvalue weighted by Gasteiger charge is 2.41. The van der Waals surface area contributed by atoms with Crippen LogP contribution in [0.1, 0.15) is 32.6 Å². The molecule has 0 aliphatic carbocycles. The molecule has 0 aromatic carbocycles. The van der Waals surface area contributed by atoms with Gasteiger partial charge in [0, 0.05) is 11.8 Å². The van der Waals surface area contributed by atoms with Crippen LogP contribution < -0.4 is 10.6 Å². The Kier molecular flexibility index (Phi) is 4.56. The van der Waals surface area contributed by atoms with Crippen LogP contribution in [0.2, 0.25) is 0 Å². The van der Waals surface area contributed by atoms with E-state index in [4.69, 9.17) is 4.74 Å². The third-order valence-electron chi connectivity index (χ3n) is 3.62. The summed E-state index contributed by atoms with van der Waals surface area (Å²) in [6.07, 6.45) is 6.92. The molecule has 98 valence electrons. The molecule has 2 rings (SSSR count). The first-order valence-electron chi connectivity index (χ1n) is 6.44. The van der Waals surface area contributed by atoms with Gasteiger partial charge in [0.15, 0.2) is 0 Å². The Morgan fingerprint density at radius 2 is 2.35 bits per heavy atom. The summed E-state index contributed by atoms with van der Waals surface area (Å²) in [5.74, 6) is 0.969. The van der Waals surface area contributed by atoms with Gasteiger partial charge in [-0.15, -0.1) is 0 Å². The molecule has 4 atom stereocenters. The molecule has 2 fully saturated rings. The van der Waals surface area contributed by atoms with Crippen molar-refractivity contribution in [2.24, 2.45) is 0 Å². The van der Waals surface area contributed by atoms with Crippen molar-refractivity contribution in [1.29, 1.82) is 0 Å². The Hall–Kier alpha value is -0.420. The molecule has 2 heterocycles. The summed E-state index contributed by atoms with van der Waals surface area (Å²) in [4.78, 5) is 11.8. The van der Waals surface area contributed by atoms with Crippen LogP contribution in [0.25, 0.3) is 0 Å². The molecule has 2 bridgehead atoms. The van der Waals surface area contributed by atoms with Crippen LogP contribution in [0.3, 0.4) is 0 Å². The van der Waals surface area contributed by atoms with Gasteiger partial charge >= 0.3 is 6.03 Å². The van der Waals surface area contributed by atoms with Gasteiger partial charge in [0.1, 0.15) is 0 Å². The van der Waals surface area contributed by atoms with Crippen LogP contribution in [-0.2, 0) is 4.74 Å². The largest absolute Gasteiger partial charge is 0.373 e. The van der Waals surface area contributed by atoms with Gasteiger partial charge in [-0.25, -0.2) is 4.79 Å². The Morgan fingerprint density at radius 3 is 2.88 bits per heavy atom. The lowest BCUT2D eigenvalue weighted by Crippen LogP contribution is -2.49. The Labute approximate surface area is 107 Å². The quantitative estimate of drug-likeness (QED) is 0.790. The minimum Gasteiger partial charge on any atom is -0.373 e. The molecule has 0 saturated carbocycles. The van der Waals surface area contributed by atoms with Crippen LogP contribution in [0.4, 0.5) is 4.79 Å². The van der Waals surface area contributed by atoms with Crippen molar-refractivity contribution in [1.82, 2.24) is 10.6 Å². The van der Waals surface area contributed by atoms with Crippen molar-refractivity contribution in [3.05, 3.63) is 0 Å². The molecule has 0 unspecified atom stereocenters. The molecule has 0 aromatic rings. The zero-order valence-corrected chi connectivity index (χ0v) is 11.4. The number of nitrogens with one attached hydrogen (secondary N) is 2. The number of thioether (sulfide) groups is 1. The molecule has 17 heavy (non-hydrogen) atoms. The van der Waals surface area contributed by atoms with Crippen LogP contribution in [0.5, 0.6) is 0 Å². The molecule has 2 saturated heterocycles. The summed E-state index contributed by atoms with van der Waals surface area (Å²) in [6, 6.07) is 0.456. The van der Waals surface area contributed by atoms with Crippen molar-refractivity contribution in [3.8, 4) is 0 Å². The first-order valence-corrected chi connectivity index (χ1v) is 7.83. The van der Waals surface area contributed by atoms with Gasteiger partial charge in [-0.05, 0) is 31.9 Å². The van der Waals surface area contributed by atoms with Gasteiger partial charge in [-0.3, -0.25) is 0 Å². The second kappa shape index (κ2) is 5.96. The molecule has 0 radical (unpaired) electrons. The van der Waals surface area contributed by atoms with E-state index in [2.05, 4.69) is 23.8 Å². The third kappa shape index (κ3) is 3.28. The SMILES string of the molecule is CC[C@@H](CSC)NC(=O)N[C@@H]1C[C@H]2CC[C@H]1O2. The minimum absolute atomic E-state index is 0.0351. The number of amides is 2. The van der Waals surface area contributed by atoms with Crippen molar-refractivity contribution < 1.29 is 9.53 Å². The average Bonchev–Trinajstić information content (AvgIpc) is 2.90. The summed E-state index contributed by atoms with van der Waals surface area (Å²) in [5, 5.41) is 6.08. The Bertz CT molecular complexity index is 275. The first kappa shape index (κ1) is 13.0. The van der Waals surface area contributed by atoms with E-state index in [0.717, 1.165) is 31.4 Å². The highest BCUT2D eigenvalue weighted by atomic mass is 32.2. The number of urea groups is 1. The molecule has 0 spiro atoms. The minimum atomic E-state index is -0.0351. The fourth-order valence-corrected chi connectivity index (χ4v) is 3.37. The first-order chi connectivity index (χ1) is 8.22. The number of carbonyl (C=O) groups is 1. The van der Waals surface area contributed by atoms with Crippen molar-refractivity contribution in [2.75, 3.05) is 12.0 Å². The van der Waals surface area contributed by atoms with Gasteiger partial charge in [0.2, 0.25) is 0 Å². The Balaban J connectivity index is 1.73. The molecule has 2 amide bonds. The van der Waals surface area contributed by atoms with E-state index in [1.54, 1.807) is 11.8 Å². The van der Waals surface area contributed by atoms with Gasteiger partial charge in [0.05, 0.1) is 18.2 Å². The molecule has 5 heteroatoms. The zero-order chi connectivity index (χ0) is 12.3. The molecule has 2 aliphatic rings. The number of hydrogen-bond donors (Lipinski definition) is 2. The van der Waals surface area contributed by atoms with E-state index in [1.807, 2.05) is 0 Å². The molecule has 0 aromatic heterocycles. The van der Waals surface area contributed by atoms with Crippen LogP contribution in [0.15, 0.2) is 0 Å². The van der Waals surface area contributed by atoms with Crippen LogP contribution in [-0.4, -0.2) is 42.3 Å². The fourth-order valence-electron chi connectivity index (χ4n) is 2.65. The van der Waals surface area contributed by atoms with Crippen molar-refractivity contribution in [2.45, 2.75) is 56.9 Å². The lowest BCUT2D eigenvalue weighted by atomic mass is 9.96. The molecule has 2 N–H and O–H groups in total. The van der Waals surface area contributed by atoms with E-state index in [1.165, 1.54) is 0 Å². The maximum absolute atomic E-state index is 11.8. The summed E-state index contributed by atoms with van der Waals surface area (Å²) in [5.41, 5.74) is 0. The second-order valence-corrected chi connectivity index (χ2v) is 5.81. The van der Waals surface area contributed by atoms with E-state index in [0.29, 0.717) is 6.10 Å². The smallest absolute Gasteiger partial charge is 0.315 e. The molecule has 2 aliphatic heterocycles. The predicted molar refractivity (Wildman–Crippen MR) is 70.4 cm³/mol. The lowest BCUT2D eigenvalue weighted by molar-refractivity contribution is 0.0980. The number of carbonyl (C=O) groups excluding carboxylic acids is 1. The summed E-state index contributed by atoms with van der Waals surface area (Å²) < 4.78 is 5.72. The second-order valence-electron chi connectivity index (χ2n) is 4.89. The fraction of sp³-hybridized carbons (Fsp3) is 0.917. The Morgan fingerprint density at radius 1 is 1.53 bits per heavy atom. The molecular formula is C12H22N2O2S. The summed E-state index contributed by atoms with van der Waals surface area (Å²) >= 11 is 1.76. The van der Waals surface area contributed by atoms with Crippen LogP contribution >= 0.6 is 11.8 Å². The lowest BCUT2D eigenvalue weighted by Gasteiger charge is -2.22. The average molecular weight is 258 g/mol. The van der Waals surface area contributed by atoms with Crippen LogP contribution in [0, 0.1) is 0 Å². The number of rotatable bonds is 5. The summed E-state index contributed by atoms with van der Waals surface area (Å²) in [7, 11) is 0. The predicted octanol–water partition coefficient (Wildman–Crippen LogP) is 1.75. The maximum atomic E-state index is 11.8. The van der Waals surface area contributed by atoms with E-state index < -0.39 is 0 Å². The number of hydrogen-bond acceptors (Lipinski definition) is 3. The van der Waals surface area contributed by atoms with E-state index >= 15 is 0 Å². The van der Waals surface area contributed by atoms with Gasteiger partial charge in [-0.2, -0.15) is 11.8 Å². The van der Waals surface area contributed by atoms with Crippen molar-refractivity contribution >= 4 is 17.8 Å².